The molecule has 124 valence electrons. The molecule has 0 spiro atoms. The van der Waals surface area contributed by atoms with Crippen LogP contribution in [0.15, 0.2) is 55.1 Å². The molecule has 2 aromatic carbocycles. The lowest BCUT2D eigenvalue weighted by molar-refractivity contribution is -0.138. The molecule has 4 nitrogen and oxygen atoms in total. The Balaban J connectivity index is 2.37. The Kier molecular flexibility index (Phi) is 5.90. The van der Waals surface area contributed by atoms with Crippen LogP contribution < -0.4 is 4.90 Å². The molecule has 0 unspecified atom stereocenters. The predicted molar refractivity (Wildman–Crippen MR) is 95.8 cm³/mol. The molecule has 24 heavy (non-hydrogen) atoms. The molecule has 4 heteroatoms. The van der Waals surface area contributed by atoms with Crippen LogP contribution in [0, 0.1) is 6.92 Å². The Hall–Kier alpha value is -2.88. The quantitative estimate of drug-likeness (QED) is 0.836. The summed E-state index contributed by atoms with van der Waals surface area (Å²) >= 11 is 0. The van der Waals surface area contributed by atoms with Crippen LogP contribution in [0.4, 0.5) is 5.69 Å². The molecule has 0 bridgehead atoms. The Bertz CT molecular complexity index is 752. The lowest BCUT2D eigenvalue weighted by atomic mass is 10.1. The molecule has 0 aliphatic rings. The van der Waals surface area contributed by atoms with E-state index < -0.39 is 5.97 Å². The fourth-order valence-corrected chi connectivity index (χ4v) is 2.52. The van der Waals surface area contributed by atoms with E-state index in [9.17, 15) is 9.59 Å². The standard InChI is InChI=1S/C20H21NO3/c1-3-16-9-6-7-11-18(16)21(19(22)12-13-20(23)24)14-17-10-5-4-8-15(17)2/h3-11H,1,12-14H2,2H3,(H,23,24). The van der Waals surface area contributed by atoms with Crippen molar-refractivity contribution in [3.63, 3.8) is 0 Å². The highest BCUT2D eigenvalue weighted by Crippen LogP contribution is 2.25. The first kappa shape index (κ1) is 17.5. The van der Waals surface area contributed by atoms with Gasteiger partial charge in [0.1, 0.15) is 0 Å². The molecule has 0 atom stereocenters. The van der Waals surface area contributed by atoms with Crippen molar-refractivity contribution in [3.05, 3.63) is 71.8 Å². The van der Waals surface area contributed by atoms with Crippen molar-refractivity contribution >= 4 is 23.6 Å². The number of carbonyl (C=O) groups is 2. The molecule has 0 heterocycles. The van der Waals surface area contributed by atoms with Crippen molar-refractivity contribution in [2.75, 3.05) is 4.90 Å². The highest BCUT2D eigenvalue weighted by Gasteiger charge is 2.19. The molecule has 0 saturated carbocycles. The van der Waals surface area contributed by atoms with Gasteiger partial charge in [0.05, 0.1) is 18.7 Å². The van der Waals surface area contributed by atoms with Crippen LogP contribution in [0.5, 0.6) is 0 Å². The second-order valence-electron chi connectivity index (χ2n) is 5.56. The van der Waals surface area contributed by atoms with E-state index in [2.05, 4.69) is 6.58 Å². The average molecular weight is 323 g/mol. The molecule has 2 aromatic rings. The lowest BCUT2D eigenvalue weighted by Gasteiger charge is -2.25. The maximum absolute atomic E-state index is 12.7. The Morgan fingerprint density at radius 2 is 1.75 bits per heavy atom. The minimum absolute atomic E-state index is 0.0350. The molecule has 1 amide bonds. The normalized spacial score (nSPS) is 10.2. The largest absolute Gasteiger partial charge is 0.481 e. The first-order valence-electron chi connectivity index (χ1n) is 7.81. The summed E-state index contributed by atoms with van der Waals surface area (Å²) in [6.07, 6.45) is 1.48. The minimum Gasteiger partial charge on any atom is -0.481 e. The Labute approximate surface area is 142 Å². The van der Waals surface area contributed by atoms with Crippen molar-refractivity contribution in [2.45, 2.75) is 26.3 Å². The number of hydrogen-bond acceptors (Lipinski definition) is 2. The van der Waals surface area contributed by atoms with E-state index in [0.717, 1.165) is 22.4 Å². The van der Waals surface area contributed by atoms with Crippen LogP contribution in [0.3, 0.4) is 0 Å². The summed E-state index contributed by atoms with van der Waals surface area (Å²) in [4.78, 5) is 25.1. The van der Waals surface area contributed by atoms with Crippen LogP contribution in [0.1, 0.15) is 29.5 Å². The van der Waals surface area contributed by atoms with Gasteiger partial charge in [-0.05, 0) is 29.7 Å². The zero-order valence-electron chi connectivity index (χ0n) is 13.7. The molecule has 0 aliphatic heterocycles. The van der Waals surface area contributed by atoms with Crippen LogP contribution in [0.25, 0.3) is 6.08 Å². The van der Waals surface area contributed by atoms with E-state index in [4.69, 9.17) is 5.11 Å². The number of rotatable bonds is 7. The highest BCUT2D eigenvalue weighted by atomic mass is 16.4. The molecule has 1 N–H and O–H groups in total. The van der Waals surface area contributed by atoms with Gasteiger partial charge in [0.25, 0.3) is 0 Å². The molecular weight excluding hydrogens is 302 g/mol. The first-order chi connectivity index (χ1) is 11.5. The number of carboxylic acid groups (broad SMARTS) is 1. The lowest BCUT2D eigenvalue weighted by Crippen LogP contribution is -2.31. The fraction of sp³-hybridized carbons (Fsp3) is 0.200. The summed E-state index contributed by atoms with van der Waals surface area (Å²) in [5.74, 6) is -1.19. The van der Waals surface area contributed by atoms with E-state index >= 15 is 0 Å². The Morgan fingerprint density at radius 3 is 2.42 bits per heavy atom. The van der Waals surface area contributed by atoms with Crippen LogP contribution in [-0.2, 0) is 16.1 Å². The molecular formula is C20H21NO3. The molecule has 0 saturated heterocycles. The number of carbonyl (C=O) groups excluding carboxylic acids is 1. The van der Waals surface area contributed by atoms with Gasteiger partial charge in [-0.3, -0.25) is 9.59 Å². The third-order valence-electron chi connectivity index (χ3n) is 3.89. The monoisotopic (exact) mass is 323 g/mol. The molecule has 0 aromatic heterocycles. The number of aliphatic carboxylic acids is 1. The van der Waals surface area contributed by atoms with Crippen molar-refractivity contribution in [1.29, 1.82) is 0 Å². The van der Waals surface area contributed by atoms with Crippen LogP contribution in [0.2, 0.25) is 0 Å². The van der Waals surface area contributed by atoms with Crippen LogP contribution >= 0.6 is 0 Å². The topological polar surface area (TPSA) is 57.6 Å². The van der Waals surface area contributed by atoms with Gasteiger partial charge in [-0.15, -0.1) is 0 Å². The zero-order chi connectivity index (χ0) is 17.5. The number of amides is 1. The van der Waals surface area contributed by atoms with Crippen molar-refractivity contribution in [2.24, 2.45) is 0 Å². The molecule has 0 aliphatic carbocycles. The van der Waals surface area contributed by atoms with E-state index in [1.54, 1.807) is 11.0 Å². The van der Waals surface area contributed by atoms with Gasteiger partial charge < -0.3 is 10.0 Å². The second-order valence-corrected chi connectivity index (χ2v) is 5.56. The number of anilines is 1. The van der Waals surface area contributed by atoms with Crippen molar-refractivity contribution in [1.82, 2.24) is 0 Å². The van der Waals surface area contributed by atoms with E-state index in [1.807, 2.05) is 55.5 Å². The van der Waals surface area contributed by atoms with Gasteiger partial charge in [-0.25, -0.2) is 0 Å². The third kappa shape index (κ3) is 4.32. The summed E-state index contributed by atoms with van der Waals surface area (Å²) in [7, 11) is 0. The second kappa shape index (κ2) is 8.11. The number of benzene rings is 2. The molecule has 2 rings (SSSR count). The van der Waals surface area contributed by atoms with E-state index in [0.29, 0.717) is 6.54 Å². The summed E-state index contributed by atoms with van der Waals surface area (Å²) < 4.78 is 0. The van der Waals surface area contributed by atoms with Gasteiger partial charge in [0, 0.05) is 6.42 Å². The maximum atomic E-state index is 12.7. The average Bonchev–Trinajstić information content (AvgIpc) is 2.59. The number of para-hydroxylation sites is 1. The Morgan fingerprint density at radius 1 is 1.08 bits per heavy atom. The van der Waals surface area contributed by atoms with Crippen LogP contribution in [-0.4, -0.2) is 17.0 Å². The summed E-state index contributed by atoms with van der Waals surface area (Å²) in [6, 6.07) is 15.3. The number of hydrogen-bond donors (Lipinski definition) is 1. The van der Waals surface area contributed by atoms with E-state index in [-0.39, 0.29) is 18.7 Å². The summed E-state index contributed by atoms with van der Waals surface area (Å²) in [5, 5.41) is 8.86. The molecule has 0 radical (unpaired) electrons. The summed E-state index contributed by atoms with van der Waals surface area (Å²) in [6.45, 7) is 6.19. The smallest absolute Gasteiger partial charge is 0.303 e. The van der Waals surface area contributed by atoms with Crippen molar-refractivity contribution in [3.8, 4) is 0 Å². The zero-order valence-corrected chi connectivity index (χ0v) is 13.7. The minimum atomic E-state index is -0.976. The van der Waals surface area contributed by atoms with Gasteiger partial charge in [-0.1, -0.05) is 55.1 Å². The maximum Gasteiger partial charge on any atom is 0.303 e. The van der Waals surface area contributed by atoms with E-state index in [1.165, 1.54) is 0 Å². The first-order valence-corrected chi connectivity index (χ1v) is 7.81. The SMILES string of the molecule is C=Cc1ccccc1N(Cc1ccccc1C)C(=O)CCC(=O)O. The number of aryl methyl sites for hydroxylation is 1. The van der Waals surface area contributed by atoms with Gasteiger partial charge in [0.2, 0.25) is 5.91 Å². The van der Waals surface area contributed by atoms with Gasteiger partial charge >= 0.3 is 5.97 Å². The number of carboxylic acids is 1. The predicted octanol–water partition coefficient (Wildman–Crippen LogP) is 4.04. The fourth-order valence-electron chi connectivity index (χ4n) is 2.52. The number of nitrogens with zero attached hydrogens (tertiary/aromatic N) is 1. The molecule has 0 fully saturated rings. The van der Waals surface area contributed by atoms with Crippen molar-refractivity contribution < 1.29 is 14.7 Å². The van der Waals surface area contributed by atoms with Gasteiger partial charge in [-0.2, -0.15) is 0 Å². The van der Waals surface area contributed by atoms with Gasteiger partial charge in [0.15, 0.2) is 0 Å². The third-order valence-corrected chi connectivity index (χ3v) is 3.89. The summed E-state index contributed by atoms with van der Waals surface area (Å²) in [5.41, 5.74) is 3.70. The highest BCUT2D eigenvalue weighted by molar-refractivity contribution is 5.96.